The lowest BCUT2D eigenvalue weighted by Gasteiger charge is -2.14. The first kappa shape index (κ1) is 21.9. The minimum Gasteiger partial charge on any atom is -0.478 e. The molecule has 0 spiro atoms. The molecule has 0 saturated heterocycles. The number of nitrogens with one attached hydrogen (secondary N) is 1. The number of nitrogens with zero attached hydrogens (tertiary/aromatic N) is 7. The summed E-state index contributed by atoms with van der Waals surface area (Å²) in [6.45, 7) is 0.787. The van der Waals surface area contributed by atoms with Gasteiger partial charge in [-0.1, -0.05) is 24.3 Å². The monoisotopic (exact) mass is 450 g/mol. The van der Waals surface area contributed by atoms with Crippen molar-refractivity contribution < 1.29 is 19.5 Å². The Balaban J connectivity index is 1.34. The molecule has 1 amide bonds. The highest BCUT2D eigenvalue weighted by Crippen LogP contribution is 2.10. The van der Waals surface area contributed by atoms with Crippen LogP contribution in [0, 0.1) is 0 Å². The van der Waals surface area contributed by atoms with Crippen LogP contribution in [0.1, 0.15) is 43.5 Å². The molecule has 12 nitrogen and oxygen atoms in total. The number of aromatic carboxylic acids is 1. The number of H-pyrrole nitrogens is 1. The Morgan fingerprint density at radius 1 is 1.06 bits per heavy atom. The number of carboxylic acid groups (broad SMARTS) is 1. The standard InChI is InChI=1S/C21H22N8O4/c1-27(33-2)20(30)16-7-3-5-14(9-16)13-29-23-18(22-26-29)11-19-24-28(25-19)12-15-6-4-8-17(10-15)21(31)32/h3-10H,11-13H2,1-2H3,(H,24,25)(H,31,32). The molecule has 0 saturated carbocycles. The highest BCUT2D eigenvalue weighted by molar-refractivity contribution is 5.93. The summed E-state index contributed by atoms with van der Waals surface area (Å²) >= 11 is 0. The second-order valence-corrected chi connectivity index (χ2v) is 7.32. The van der Waals surface area contributed by atoms with Crippen molar-refractivity contribution in [1.82, 2.24) is 40.3 Å². The van der Waals surface area contributed by atoms with Gasteiger partial charge in [0.25, 0.3) is 5.91 Å². The number of carbonyl (C=O) groups excluding carboxylic acids is 1. The van der Waals surface area contributed by atoms with Crippen LogP contribution in [0.4, 0.5) is 0 Å². The number of aromatic nitrogens is 7. The lowest BCUT2D eigenvalue weighted by Crippen LogP contribution is -2.25. The van der Waals surface area contributed by atoms with Crippen LogP contribution >= 0.6 is 0 Å². The van der Waals surface area contributed by atoms with Gasteiger partial charge in [0.2, 0.25) is 0 Å². The fourth-order valence-corrected chi connectivity index (χ4v) is 3.22. The van der Waals surface area contributed by atoms with E-state index in [4.69, 9.17) is 9.94 Å². The van der Waals surface area contributed by atoms with E-state index in [0.717, 1.165) is 16.2 Å². The molecular weight excluding hydrogens is 428 g/mol. The second kappa shape index (κ2) is 9.44. The van der Waals surface area contributed by atoms with E-state index in [2.05, 4.69) is 25.6 Å². The second-order valence-electron chi connectivity index (χ2n) is 7.32. The number of amides is 1. The van der Waals surface area contributed by atoms with Gasteiger partial charge in [-0.05, 0) is 40.6 Å². The SMILES string of the molecule is CON(C)C(=O)c1cccc(Cn2nnc(Cc3nn(Cc4cccc(C(=O)O)c4)[nH]3)n2)c1. The van der Waals surface area contributed by atoms with E-state index in [-0.39, 0.29) is 11.5 Å². The molecule has 170 valence electrons. The molecule has 0 radical (unpaired) electrons. The quantitative estimate of drug-likeness (QED) is 0.362. The molecule has 2 aromatic heterocycles. The molecule has 0 bridgehead atoms. The average Bonchev–Trinajstić information content (AvgIpc) is 3.23. The maximum Gasteiger partial charge on any atom is 0.335 e. The summed E-state index contributed by atoms with van der Waals surface area (Å²) in [5, 5.41) is 30.2. The van der Waals surface area contributed by atoms with Crippen LogP contribution in [0.3, 0.4) is 0 Å². The number of hydrogen-bond donors (Lipinski definition) is 2. The number of tetrazole rings is 1. The van der Waals surface area contributed by atoms with Crippen LogP contribution in [0.5, 0.6) is 0 Å². The summed E-state index contributed by atoms with van der Waals surface area (Å²) in [4.78, 5) is 31.3. The van der Waals surface area contributed by atoms with Gasteiger partial charge in [0.1, 0.15) is 0 Å². The first-order valence-corrected chi connectivity index (χ1v) is 10.0. The van der Waals surface area contributed by atoms with Crippen LogP contribution < -0.4 is 0 Å². The van der Waals surface area contributed by atoms with Crippen molar-refractivity contribution in [2.45, 2.75) is 19.5 Å². The van der Waals surface area contributed by atoms with Crippen LogP contribution in [-0.4, -0.2) is 71.4 Å². The van der Waals surface area contributed by atoms with Crippen LogP contribution in [0.2, 0.25) is 0 Å². The van der Waals surface area contributed by atoms with Gasteiger partial charge in [0.05, 0.1) is 32.2 Å². The minimum atomic E-state index is -0.965. The minimum absolute atomic E-state index is 0.235. The summed E-state index contributed by atoms with van der Waals surface area (Å²) in [5.74, 6) is -0.0356. The number of benzene rings is 2. The zero-order valence-corrected chi connectivity index (χ0v) is 18.0. The van der Waals surface area contributed by atoms with Gasteiger partial charge in [-0.3, -0.25) is 14.7 Å². The van der Waals surface area contributed by atoms with E-state index in [0.29, 0.717) is 36.7 Å². The Hall–Kier alpha value is -4.32. The van der Waals surface area contributed by atoms with E-state index in [1.807, 2.05) is 12.1 Å². The van der Waals surface area contributed by atoms with Gasteiger partial charge in [0.15, 0.2) is 11.6 Å². The number of carboxylic acids is 1. The average molecular weight is 450 g/mol. The third kappa shape index (κ3) is 5.30. The molecule has 0 aliphatic rings. The van der Waals surface area contributed by atoms with Crippen molar-refractivity contribution in [2.24, 2.45) is 0 Å². The van der Waals surface area contributed by atoms with Gasteiger partial charge < -0.3 is 5.11 Å². The predicted molar refractivity (Wildman–Crippen MR) is 114 cm³/mol. The topological polar surface area (TPSA) is 144 Å². The van der Waals surface area contributed by atoms with Crippen molar-refractivity contribution in [3.63, 3.8) is 0 Å². The van der Waals surface area contributed by atoms with E-state index < -0.39 is 5.97 Å². The third-order valence-corrected chi connectivity index (χ3v) is 4.88. The van der Waals surface area contributed by atoms with Crippen LogP contribution in [0.15, 0.2) is 48.5 Å². The lowest BCUT2D eigenvalue weighted by atomic mass is 10.1. The first-order chi connectivity index (χ1) is 15.9. The molecule has 0 aliphatic carbocycles. The molecule has 33 heavy (non-hydrogen) atoms. The van der Waals surface area contributed by atoms with E-state index >= 15 is 0 Å². The first-order valence-electron chi connectivity index (χ1n) is 10.0. The number of rotatable bonds is 9. The summed E-state index contributed by atoms with van der Waals surface area (Å²) in [6.07, 6.45) is 0.378. The largest absolute Gasteiger partial charge is 0.478 e. The zero-order chi connectivity index (χ0) is 23.4. The van der Waals surface area contributed by atoms with Gasteiger partial charge in [0, 0.05) is 12.6 Å². The summed E-state index contributed by atoms with van der Waals surface area (Å²) in [5.41, 5.74) is 2.41. The van der Waals surface area contributed by atoms with Gasteiger partial charge in [-0.2, -0.15) is 4.80 Å². The van der Waals surface area contributed by atoms with Crippen molar-refractivity contribution in [3.05, 3.63) is 82.4 Å². The number of hydrogen-bond acceptors (Lipinski definition) is 7. The molecule has 0 aliphatic heterocycles. The molecule has 0 atom stereocenters. The van der Waals surface area contributed by atoms with Gasteiger partial charge in [-0.15, -0.1) is 15.3 Å². The summed E-state index contributed by atoms with van der Waals surface area (Å²) in [6, 6.07) is 13.8. The number of carbonyl (C=O) groups is 2. The molecule has 2 N–H and O–H groups in total. The molecular formula is C21H22N8O4. The van der Waals surface area contributed by atoms with Crippen molar-refractivity contribution in [3.8, 4) is 0 Å². The summed E-state index contributed by atoms with van der Waals surface area (Å²) in [7, 11) is 2.98. The van der Waals surface area contributed by atoms with Crippen molar-refractivity contribution in [1.29, 1.82) is 0 Å². The van der Waals surface area contributed by atoms with Gasteiger partial charge >= 0.3 is 5.97 Å². The van der Waals surface area contributed by atoms with Gasteiger partial charge in [-0.25, -0.2) is 14.7 Å². The van der Waals surface area contributed by atoms with Crippen LogP contribution in [0.25, 0.3) is 0 Å². The maximum atomic E-state index is 12.2. The Kier molecular flexibility index (Phi) is 6.26. The highest BCUT2D eigenvalue weighted by Gasteiger charge is 2.14. The zero-order valence-electron chi connectivity index (χ0n) is 18.0. The Labute approximate surface area is 188 Å². The molecule has 4 aromatic rings. The van der Waals surface area contributed by atoms with E-state index in [9.17, 15) is 9.59 Å². The van der Waals surface area contributed by atoms with E-state index in [1.54, 1.807) is 48.2 Å². The smallest absolute Gasteiger partial charge is 0.335 e. The lowest BCUT2D eigenvalue weighted by molar-refractivity contribution is -0.0757. The van der Waals surface area contributed by atoms with Crippen molar-refractivity contribution >= 4 is 11.9 Å². The highest BCUT2D eigenvalue weighted by atomic mass is 16.7. The summed E-state index contributed by atoms with van der Waals surface area (Å²) < 4.78 is 0. The fraction of sp³-hybridized carbons (Fsp3) is 0.238. The molecule has 2 aromatic carbocycles. The van der Waals surface area contributed by atoms with Crippen LogP contribution in [-0.2, 0) is 24.3 Å². The normalized spacial score (nSPS) is 11.0. The molecule has 4 rings (SSSR count). The fourth-order valence-electron chi connectivity index (χ4n) is 3.22. The number of aromatic amines is 1. The number of hydroxylamine groups is 2. The Morgan fingerprint density at radius 3 is 2.42 bits per heavy atom. The molecule has 0 fully saturated rings. The maximum absolute atomic E-state index is 12.2. The Morgan fingerprint density at radius 2 is 1.73 bits per heavy atom. The Bertz CT molecular complexity index is 1260. The third-order valence-electron chi connectivity index (χ3n) is 4.88. The van der Waals surface area contributed by atoms with E-state index in [1.165, 1.54) is 11.9 Å². The van der Waals surface area contributed by atoms with Crippen molar-refractivity contribution in [2.75, 3.05) is 14.2 Å². The molecule has 0 unspecified atom stereocenters. The molecule has 2 heterocycles. The predicted octanol–water partition coefficient (Wildman–Crippen LogP) is 1.22. The molecule has 12 heteroatoms.